The molecule has 0 aliphatic rings. The van der Waals surface area contributed by atoms with Crippen LogP contribution < -0.4 is 0 Å². The number of hydrogen-bond acceptors (Lipinski definition) is 2. The Balaban J connectivity index is 0.00000128. The van der Waals surface area contributed by atoms with E-state index in [0.29, 0.717) is 12.2 Å². The molecule has 0 heterocycles. The number of carbonyl (C=O) groups excluding carboxylic acids is 1. The molecule has 0 spiro atoms. The van der Waals surface area contributed by atoms with Crippen LogP contribution in [0.3, 0.4) is 0 Å². The minimum Gasteiger partial charge on any atom is -0.462 e. The van der Waals surface area contributed by atoms with E-state index >= 15 is 0 Å². The molecule has 2 rings (SSSR count). The quantitative estimate of drug-likeness (QED) is 0.776. The molecular formula is C13H14Cl2O2. The van der Waals surface area contributed by atoms with Crippen molar-refractivity contribution >= 4 is 41.6 Å². The lowest BCUT2D eigenvalue weighted by atomic mass is 10.1. The summed E-state index contributed by atoms with van der Waals surface area (Å²) in [6, 6.07) is 13.5. The molecule has 0 unspecified atom stereocenters. The molecule has 2 nitrogen and oxygen atoms in total. The molecule has 0 bridgehead atoms. The Morgan fingerprint density at radius 3 is 2.35 bits per heavy atom. The summed E-state index contributed by atoms with van der Waals surface area (Å²) in [6.07, 6.45) is 0. The number of hydrogen-bond donors (Lipinski definition) is 0. The maximum atomic E-state index is 11.5. The summed E-state index contributed by atoms with van der Waals surface area (Å²) in [7, 11) is 0. The van der Waals surface area contributed by atoms with Crippen molar-refractivity contribution in [1.29, 1.82) is 0 Å². The predicted molar refractivity (Wildman–Crippen MR) is 74.4 cm³/mol. The first-order valence-corrected chi connectivity index (χ1v) is 4.97. The maximum Gasteiger partial charge on any atom is 0.338 e. The van der Waals surface area contributed by atoms with Crippen LogP contribution in [-0.4, -0.2) is 12.6 Å². The highest BCUT2D eigenvalue weighted by Gasteiger charge is 2.05. The van der Waals surface area contributed by atoms with Gasteiger partial charge in [0.15, 0.2) is 0 Å². The van der Waals surface area contributed by atoms with E-state index in [4.69, 9.17) is 4.74 Å². The molecule has 0 saturated heterocycles. The van der Waals surface area contributed by atoms with Gasteiger partial charge in [0, 0.05) is 0 Å². The van der Waals surface area contributed by atoms with Gasteiger partial charge in [0.1, 0.15) is 0 Å². The van der Waals surface area contributed by atoms with Gasteiger partial charge in [-0.15, -0.1) is 24.8 Å². The number of rotatable bonds is 2. The Kier molecular flexibility index (Phi) is 6.62. The van der Waals surface area contributed by atoms with Gasteiger partial charge in [-0.2, -0.15) is 0 Å². The second-order valence-electron chi connectivity index (χ2n) is 3.28. The third-order valence-corrected chi connectivity index (χ3v) is 2.26. The first kappa shape index (κ1) is 15.8. The van der Waals surface area contributed by atoms with E-state index in [2.05, 4.69) is 0 Å². The van der Waals surface area contributed by atoms with Crippen LogP contribution in [0.25, 0.3) is 10.8 Å². The Labute approximate surface area is 113 Å². The number of carbonyl (C=O) groups is 1. The van der Waals surface area contributed by atoms with Crippen molar-refractivity contribution in [2.45, 2.75) is 6.92 Å². The van der Waals surface area contributed by atoms with E-state index in [1.165, 1.54) is 0 Å². The third-order valence-electron chi connectivity index (χ3n) is 2.26. The zero-order chi connectivity index (χ0) is 10.7. The highest BCUT2D eigenvalue weighted by atomic mass is 35.5. The van der Waals surface area contributed by atoms with E-state index in [9.17, 15) is 4.79 Å². The van der Waals surface area contributed by atoms with Crippen molar-refractivity contribution < 1.29 is 9.53 Å². The number of benzene rings is 2. The fraction of sp³-hybridized carbons (Fsp3) is 0.154. The van der Waals surface area contributed by atoms with Crippen molar-refractivity contribution in [3.8, 4) is 0 Å². The van der Waals surface area contributed by atoms with Crippen molar-refractivity contribution in [3.05, 3.63) is 48.0 Å². The first-order chi connectivity index (χ1) is 7.31. The monoisotopic (exact) mass is 272 g/mol. The Bertz CT molecular complexity index is 497. The van der Waals surface area contributed by atoms with Gasteiger partial charge in [0.05, 0.1) is 12.2 Å². The highest BCUT2D eigenvalue weighted by Crippen LogP contribution is 2.16. The van der Waals surface area contributed by atoms with Crippen molar-refractivity contribution in [1.82, 2.24) is 0 Å². The lowest BCUT2D eigenvalue weighted by Gasteiger charge is -2.03. The average molecular weight is 273 g/mol. The standard InChI is InChI=1S/C13H12O2.2ClH/c1-2-15-13(14)12-8-7-10-5-3-4-6-11(10)9-12;;/h3-9H,2H2,1H3;2*1H. The second kappa shape index (κ2) is 7.15. The summed E-state index contributed by atoms with van der Waals surface area (Å²) in [4.78, 5) is 11.5. The van der Waals surface area contributed by atoms with Gasteiger partial charge in [-0.1, -0.05) is 30.3 Å². The van der Waals surface area contributed by atoms with Gasteiger partial charge in [-0.05, 0) is 29.8 Å². The van der Waals surface area contributed by atoms with Crippen LogP contribution in [0.15, 0.2) is 42.5 Å². The van der Waals surface area contributed by atoms with Crippen LogP contribution in [0.4, 0.5) is 0 Å². The predicted octanol–water partition coefficient (Wildman–Crippen LogP) is 3.86. The Morgan fingerprint density at radius 2 is 1.71 bits per heavy atom. The van der Waals surface area contributed by atoms with Crippen LogP contribution in [0.5, 0.6) is 0 Å². The van der Waals surface area contributed by atoms with Gasteiger partial charge < -0.3 is 4.74 Å². The fourth-order valence-electron chi connectivity index (χ4n) is 1.53. The zero-order valence-electron chi connectivity index (χ0n) is 9.38. The number of halogens is 2. The fourth-order valence-corrected chi connectivity index (χ4v) is 1.53. The van der Waals surface area contributed by atoms with E-state index in [1.54, 1.807) is 13.0 Å². The van der Waals surface area contributed by atoms with Crippen LogP contribution >= 0.6 is 24.8 Å². The first-order valence-electron chi connectivity index (χ1n) is 4.97. The molecule has 0 radical (unpaired) electrons. The number of esters is 1. The van der Waals surface area contributed by atoms with Crippen LogP contribution in [0.1, 0.15) is 17.3 Å². The topological polar surface area (TPSA) is 26.3 Å². The summed E-state index contributed by atoms with van der Waals surface area (Å²) >= 11 is 0. The van der Waals surface area contributed by atoms with Gasteiger partial charge >= 0.3 is 5.97 Å². The molecule has 0 saturated carbocycles. The second-order valence-corrected chi connectivity index (χ2v) is 3.28. The summed E-state index contributed by atoms with van der Waals surface area (Å²) in [5.41, 5.74) is 0.607. The van der Waals surface area contributed by atoms with Gasteiger partial charge in [0.2, 0.25) is 0 Å². The molecule has 0 fully saturated rings. The molecule has 0 amide bonds. The number of fused-ring (bicyclic) bond motifs is 1. The van der Waals surface area contributed by atoms with Crippen molar-refractivity contribution in [2.75, 3.05) is 6.61 Å². The lowest BCUT2D eigenvalue weighted by molar-refractivity contribution is 0.0526. The largest absolute Gasteiger partial charge is 0.462 e. The van der Waals surface area contributed by atoms with Crippen molar-refractivity contribution in [3.63, 3.8) is 0 Å². The summed E-state index contributed by atoms with van der Waals surface area (Å²) in [5, 5.41) is 2.19. The smallest absolute Gasteiger partial charge is 0.338 e. The highest BCUT2D eigenvalue weighted by molar-refractivity contribution is 5.95. The van der Waals surface area contributed by atoms with Crippen molar-refractivity contribution in [2.24, 2.45) is 0 Å². The molecule has 0 N–H and O–H groups in total. The molecule has 4 heteroatoms. The minimum absolute atomic E-state index is 0. The minimum atomic E-state index is -0.261. The van der Waals surface area contributed by atoms with Crippen LogP contribution in [0.2, 0.25) is 0 Å². The molecule has 0 aromatic heterocycles. The number of ether oxygens (including phenoxy) is 1. The van der Waals surface area contributed by atoms with Gasteiger partial charge in [-0.25, -0.2) is 4.79 Å². The summed E-state index contributed by atoms with van der Waals surface area (Å²) in [5.74, 6) is -0.261. The molecule has 0 atom stereocenters. The molecule has 2 aromatic carbocycles. The van der Waals surface area contributed by atoms with E-state index in [0.717, 1.165) is 10.8 Å². The molecule has 0 aliphatic carbocycles. The molecule has 0 aliphatic heterocycles. The lowest BCUT2D eigenvalue weighted by Crippen LogP contribution is -2.03. The van der Waals surface area contributed by atoms with E-state index < -0.39 is 0 Å². The van der Waals surface area contributed by atoms with E-state index in [1.807, 2.05) is 36.4 Å². The SMILES string of the molecule is CCOC(=O)c1ccc2ccccc2c1.Cl.Cl. The zero-order valence-corrected chi connectivity index (χ0v) is 11.0. The molecule has 17 heavy (non-hydrogen) atoms. The Morgan fingerprint density at radius 1 is 1.06 bits per heavy atom. The third kappa shape index (κ3) is 3.62. The summed E-state index contributed by atoms with van der Waals surface area (Å²) in [6.45, 7) is 2.21. The van der Waals surface area contributed by atoms with Gasteiger partial charge in [0.25, 0.3) is 0 Å². The molecular weight excluding hydrogens is 259 g/mol. The normalized spacial score (nSPS) is 9.00. The summed E-state index contributed by atoms with van der Waals surface area (Å²) < 4.78 is 4.94. The van der Waals surface area contributed by atoms with E-state index in [-0.39, 0.29) is 30.8 Å². The maximum absolute atomic E-state index is 11.5. The molecule has 2 aromatic rings. The van der Waals surface area contributed by atoms with Crippen LogP contribution in [0, 0.1) is 0 Å². The molecule has 92 valence electrons. The van der Waals surface area contributed by atoms with Crippen LogP contribution in [-0.2, 0) is 4.74 Å². The Hall–Kier alpha value is -1.25. The average Bonchev–Trinajstić information content (AvgIpc) is 2.29. The van der Waals surface area contributed by atoms with Gasteiger partial charge in [-0.3, -0.25) is 0 Å².